The highest BCUT2D eigenvalue weighted by molar-refractivity contribution is 6.31. The molecule has 1 saturated carbocycles. The molecule has 1 heterocycles. The van der Waals surface area contributed by atoms with E-state index in [1.165, 1.54) is 94.9 Å². The van der Waals surface area contributed by atoms with Gasteiger partial charge < -0.3 is 82.2 Å². The lowest BCUT2D eigenvalue weighted by Gasteiger charge is -2.31. The molecule has 1 aliphatic heterocycles. The highest BCUT2D eigenvalue weighted by Crippen LogP contribution is 2.23. The molecule has 0 radical (unpaired) electrons. The SMILES string of the molecule is CN(C)CCCCCCNC(=O)c1cc(Cl)ccc1O.CN(C)CCCCCCNC(=O)c1ccccc1O.COC(=O)N1CCC(NC(=O)c2ccccc2O)CC1.O=C(NCCCNC1CCCCC1)c1ccccc1O.O=C(NCCCNc1ccccc1)c1ccccc1O. The molecular weight excluding hydrogens is 1280 g/mol. The summed E-state index contributed by atoms with van der Waals surface area (Å²) in [6.07, 6.45) is 18.2. The topological polar surface area (TPSA) is 307 Å². The lowest BCUT2D eigenvalue weighted by molar-refractivity contribution is 0.0884. The largest absolute Gasteiger partial charge is 0.507 e. The number of benzene rings is 6. The number of anilines is 1. The number of halogens is 1. The number of amides is 6. The highest BCUT2D eigenvalue weighted by atomic mass is 35.5. The van der Waals surface area contributed by atoms with E-state index in [1.54, 1.807) is 83.8 Å². The number of hydrogen-bond acceptors (Lipinski definition) is 16. The number of carbonyl (C=O) groups is 6. The average Bonchev–Trinajstić information content (AvgIpc) is 0.934. The second-order valence-corrected chi connectivity index (χ2v) is 25.1. The number of phenolic OH excluding ortho intramolecular Hbond substituents is 5. The Morgan fingerprint density at radius 2 is 0.808 bits per heavy atom. The van der Waals surface area contributed by atoms with E-state index in [1.807, 2.05) is 30.3 Å². The van der Waals surface area contributed by atoms with Gasteiger partial charge >= 0.3 is 6.09 Å². The maximum Gasteiger partial charge on any atom is 0.409 e. The molecule has 23 heteroatoms. The predicted octanol–water partition coefficient (Wildman–Crippen LogP) is 11.6. The average molecular weight is 1390 g/mol. The van der Waals surface area contributed by atoms with Crippen molar-refractivity contribution >= 4 is 52.9 Å². The van der Waals surface area contributed by atoms with Gasteiger partial charge in [-0.25, -0.2) is 4.79 Å². The van der Waals surface area contributed by atoms with Crippen molar-refractivity contribution in [2.45, 2.75) is 121 Å². The first kappa shape index (κ1) is 82.3. The number of rotatable bonds is 30. The molecule has 540 valence electrons. The Hall–Kier alpha value is -9.09. The first-order valence-corrected chi connectivity index (χ1v) is 34.8. The Labute approximate surface area is 590 Å². The van der Waals surface area contributed by atoms with Gasteiger partial charge in [0.1, 0.15) is 28.7 Å². The van der Waals surface area contributed by atoms with E-state index in [0.29, 0.717) is 79.9 Å². The van der Waals surface area contributed by atoms with Crippen molar-refractivity contribution < 1.29 is 59.0 Å². The first-order valence-electron chi connectivity index (χ1n) is 34.5. The van der Waals surface area contributed by atoms with Crippen molar-refractivity contribution in [2.75, 3.05) is 106 Å². The third-order valence-electron chi connectivity index (χ3n) is 16.1. The molecule has 2 fully saturated rings. The van der Waals surface area contributed by atoms with Crippen LogP contribution < -0.4 is 37.2 Å². The summed E-state index contributed by atoms with van der Waals surface area (Å²) < 4.78 is 4.66. The van der Waals surface area contributed by atoms with Crippen LogP contribution in [0.2, 0.25) is 5.02 Å². The number of aromatic hydroxyl groups is 5. The summed E-state index contributed by atoms with van der Waals surface area (Å²) in [6, 6.07) is 41.2. The predicted molar refractivity (Wildman–Crippen MR) is 392 cm³/mol. The first-order chi connectivity index (χ1) is 47.8. The van der Waals surface area contributed by atoms with E-state index < -0.39 is 0 Å². The van der Waals surface area contributed by atoms with E-state index in [0.717, 1.165) is 76.8 Å². The van der Waals surface area contributed by atoms with Crippen LogP contribution >= 0.6 is 11.6 Å². The van der Waals surface area contributed by atoms with Gasteiger partial charge in [0.05, 0.1) is 34.9 Å². The summed E-state index contributed by atoms with van der Waals surface area (Å²) in [5.74, 6) is -1.23. The molecule has 12 N–H and O–H groups in total. The fourth-order valence-corrected chi connectivity index (χ4v) is 10.7. The number of methoxy groups -OCH3 is 1. The van der Waals surface area contributed by atoms with Crippen molar-refractivity contribution in [3.8, 4) is 28.7 Å². The van der Waals surface area contributed by atoms with Crippen molar-refractivity contribution in [1.82, 2.24) is 46.6 Å². The minimum atomic E-state index is -0.338. The summed E-state index contributed by atoms with van der Waals surface area (Å²) in [6.45, 7) is 7.52. The number of phenols is 5. The quantitative estimate of drug-likeness (QED) is 0.0187. The number of ether oxygens (including phenoxy) is 1. The summed E-state index contributed by atoms with van der Waals surface area (Å²) in [5.41, 5.74) is 2.55. The van der Waals surface area contributed by atoms with Gasteiger partial charge in [0.2, 0.25) is 0 Å². The summed E-state index contributed by atoms with van der Waals surface area (Å²) >= 11 is 5.81. The second-order valence-electron chi connectivity index (χ2n) is 24.7. The van der Waals surface area contributed by atoms with Crippen molar-refractivity contribution in [1.29, 1.82) is 0 Å². The van der Waals surface area contributed by atoms with Crippen molar-refractivity contribution in [3.63, 3.8) is 0 Å². The molecule has 0 atom stereocenters. The molecule has 0 aromatic heterocycles. The third-order valence-corrected chi connectivity index (χ3v) is 16.4. The van der Waals surface area contributed by atoms with E-state index in [4.69, 9.17) is 11.6 Å². The minimum Gasteiger partial charge on any atom is -0.507 e. The Bertz CT molecular complexity index is 3310. The van der Waals surface area contributed by atoms with Crippen molar-refractivity contribution in [2.24, 2.45) is 0 Å². The monoisotopic (exact) mass is 1390 g/mol. The Morgan fingerprint density at radius 1 is 0.424 bits per heavy atom. The molecule has 1 aliphatic carbocycles. The van der Waals surface area contributed by atoms with Crippen LogP contribution in [0.4, 0.5) is 10.5 Å². The Morgan fingerprint density at radius 3 is 1.24 bits per heavy atom. The van der Waals surface area contributed by atoms with Crippen LogP contribution in [0.3, 0.4) is 0 Å². The van der Waals surface area contributed by atoms with Gasteiger partial charge in [0, 0.05) is 68.6 Å². The molecule has 2 aliphatic rings. The van der Waals surface area contributed by atoms with Crippen LogP contribution in [0.25, 0.3) is 0 Å². The third kappa shape index (κ3) is 34.3. The standard InChI is InChI=1S/C16H24N2O2.C16H18N2O2.C15H23ClN2O2.C15H24N2O2.C14H18N2O4/c2*19-15-10-5-4-9-14(15)16(20)18-12-6-11-17-13-7-2-1-3-8-13;1-18(2)10-6-4-3-5-9-17-15(20)13-11-12(16)7-8-14(13)19;1-17(2)12-8-4-3-7-11-16-15(19)13-9-5-6-10-14(13)18;1-20-14(19)16-8-6-10(7-9-16)15-13(18)11-4-2-3-5-12(11)17/h4-5,9-10,13,17,19H,1-3,6-8,11-12H2,(H,18,20);1-5,7-10,17,19H,6,11-12H2,(H,18,20);7-8,11,19H,3-6,9-10H2,1-2H3,(H,17,20);5-6,9-10,18H,3-4,7-8,11-12H2,1-2H3,(H,16,19);2-5,10,17H,6-9H2,1H3,(H,15,18). The number of piperidine rings is 1. The fourth-order valence-electron chi connectivity index (χ4n) is 10.5. The zero-order valence-corrected chi connectivity index (χ0v) is 59.2. The molecule has 6 aromatic carbocycles. The number of likely N-dealkylation sites (tertiary alicyclic amines) is 1. The number of unbranched alkanes of at least 4 members (excludes halogenated alkanes) is 6. The van der Waals surface area contributed by atoms with Gasteiger partial charge in [-0.2, -0.15) is 0 Å². The van der Waals surface area contributed by atoms with Crippen LogP contribution in [-0.2, 0) is 4.74 Å². The van der Waals surface area contributed by atoms with E-state index in [9.17, 15) is 54.3 Å². The molecule has 99 heavy (non-hydrogen) atoms. The lowest BCUT2D eigenvalue weighted by atomic mass is 9.95. The number of hydrogen-bond donors (Lipinski definition) is 12. The Kier molecular flexibility index (Phi) is 40.4. The number of para-hydroxylation sites is 5. The van der Waals surface area contributed by atoms with Gasteiger partial charge in [0.25, 0.3) is 29.5 Å². The summed E-state index contributed by atoms with van der Waals surface area (Å²) in [4.78, 5) is 76.6. The van der Waals surface area contributed by atoms with Crippen molar-refractivity contribution in [3.05, 3.63) is 178 Å². The summed E-state index contributed by atoms with van der Waals surface area (Å²) in [5, 5.41) is 69.3. The fraction of sp³-hybridized carbons (Fsp3) is 0.447. The summed E-state index contributed by atoms with van der Waals surface area (Å²) in [7, 11) is 9.64. The van der Waals surface area contributed by atoms with Crippen LogP contribution in [0.5, 0.6) is 28.7 Å². The van der Waals surface area contributed by atoms with Crippen LogP contribution in [0.15, 0.2) is 146 Å². The van der Waals surface area contributed by atoms with E-state index in [2.05, 4.69) is 79.9 Å². The van der Waals surface area contributed by atoms with Gasteiger partial charge in [-0.3, -0.25) is 24.0 Å². The zero-order valence-electron chi connectivity index (χ0n) is 58.4. The molecule has 22 nitrogen and oxygen atoms in total. The molecule has 6 amide bonds. The van der Waals surface area contributed by atoms with Gasteiger partial charge in [-0.1, -0.05) is 123 Å². The second kappa shape index (κ2) is 48.6. The molecule has 0 unspecified atom stereocenters. The number of carbonyl (C=O) groups excluding carboxylic acids is 6. The zero-order chi connectivity index (χ0) is 72.0. The molecule has 0 spiro atoms. The van der Waals surface area contributed by atoms with Crippen LogP contribution in [0, 0.1) is 0 Å². The molecule has 0 bridgehead atoms. The normalized spacial score (nSPS) is 12.7. The molecule has 6 aromatic rings. The Balaban J connectivity index is 0.000000263. The van der Waals surface area contributed by atoms with Crippen LogP contribution in [-0.4, -0.2) is 189 Å². The molecular formula is C76H107ClN10O12. The van der Waals surface area contributed by atoms with Gasteiger partial charge in [-0.15, -0.1) is 0 Å². The smallest absolute Gasteiger partial charge is 0.409 e. The highest BCUT2D eigenvalue weighted by Gasteiger charge is 2.25. The van der Waals surface area contributed by atoms with Gasteiger partial charge in [-0.05, 0) is 191 Å². The number of nitrogens with one attached hydrogen (secondary N) is 7. The molecule has 1 saturated heterocycles. The number of nitrogens with zero attached hydrogens (tertiary/aromatic N) is 3. The van der Waals surface area contributed by atoms with E-state index >= 15 is 0 Å². The van der Waals surface area contributed by atoms with E-state index in [-0.39, 0.29) is 81.5 Å². The molecule has 8 rings (SSSR count). The van der Waals surface area contributed by atoms with Gasteiger partial charge in [0.15, 0.2) is 0 Å². The lowest BCUT2D eigenvalue weighted by Crippen LogP contribution is -2.46. The maximum absolute atomic E-state index is 12.0. The maximum atomic E-state index is 12.0. The van der Waals surface area contributed by atoms with Crippen LogP contribution in [0.1, 0.15) is 161 Å². The minimum absolute atomic E-state index is 0.00279.